The zero-order valence-electron chi connectivity index (χ0n) is 19.0. The first-order valence-electron chi connectivity index (χ1n) is 11.8. The molecule has 0 spiro atoms. The molecule has 2 N–H and O–H groups in total. The molecule has 0 radical (unpaired) electrons. The number of amides is 2. The van der Waals surface area contributed by atoms with Gasteiger partial charge in [0, 0.05) is 11.4 Å². The minimum absolute atomic E-state index is 0.0522. The fourth-order valence-corrected chi connectivity index (χ4v) is 4.53. The summed E-state index contributed by atoms with van der Waals surface area (Å²) in [5.41, 5.74) is 4.03. The Labute approximate surface area is 191 Å². The van der Waals surface area contributed by atoms with Crippen molar-refractivity contribution < 1.29 is 9.59 Å². The molecule has 0 aromatic heterocycles. The van der Waals surface area contributed by atoms with E-state index < -0.39 is 0 Å². The van der Waals surface area contributed by atoms with Crippen LogP contribution in [0.1, 0.15) is 43.7 Å². The molecule has 32 heavy (non-hydrogen) atoms. The number of benzene rings is 2. The van der Waals surface area contributed by atoms with Crippen molar-refractivity contribution >= 4 is 23.2 Å². The first-order valence-corrected chi connectivity index (χ1v) is 11.8. The Bertz CT molecular complexity index is 898. The van der Waals surface area contributed by atoms with Crippen molar-refractivity contribution in [2.24, 2.45) is 0 Å². The molecule has 2 aromatic carbocycles. The summed E-state index contributed by atoms with van der Waals surface area (Å²) in [6, 6.07) is 16.0. The maximum Gasteiger partial charge on any atom is 0.241 e. The zero-order valence-corrected chi connectivity index (χ0v) is 19.0. The van der Waals surface area contributed by atoms with E-state index >= 15 is 0 Å². The molecule has 1 atom stereocenters. The van der Waals surface area contributed by atoms with E-state index in [9.17, 15) is 9.59 Å². The van der Waals surface area contributed by atoms with Crippen molar-refractivity contribution in [2.45, 2.75) is 45.1 Å². The first kappa shape index (κ1) is 22.5. The maximum atomic E-state index is 12.5. The minimum atomic E-state index is -0.0912. The molecule has 4 rings (SSSR count). The standard InChI is InChI=1S/C26H34N4O2/c1-20(30-16-4-5-17-30)26(32)28-24-12-8-22(9-13-24)18-21-6-10-23(11-7-21)27-25(31)19-29-14-2-3-15-29/h6-13,20H,2-5,14-19H2,1H3,(H,27,31)(H,28,32). The Morgan fingerprint density at radius 1 is 0.781 bits per heavy atom. The van der Waals surface area contributed by atoms with Gasteiger partial charge in [0.2, 0.25) is 11.8 Å². The Hall–Kier alpha value is -2.70. The number of likely N-dealkylation sites (tertiary alicyclic amines) is 2. The molecule has 6 nitrogen and oxygen atoms in total. The van der Waals surface area contributed by atoms with Crippen LogP contribution >= 0.6 is 0 Å². The molecule has 2 heterocycles. The Morgan fingerprint density at radius 3 is 1.84 bits per heavy atom. The van der Waals surface area contributed by atoms with Gasteiger partial charge >= 0.3 is 0 Å². The largest absolute Gasteiger partial charge is 0.325 e. The van der Waals surface area contributed by atoms with Crippen molar-refractivity contribution in [3.05, 3.63) is 59.7 Å². The highest BCUT2D eigenvalue weighted by Gasteiger charge is 2.23. The fourth-order valence-electron chi connectivity index (χ4n) is 4.53. The lowest BCUT2D eigenvalue weighted by molar-refractivity contribution is -0.120. The minimum Gasteiger partial charge on any atom is -0.325 e. The van der Waals surface area contributed by atoms with Gasteiger partial charge in [-0.25, -0.2) is 0 Å². The van der Waals surface area contributed by atoms with Crippen molar-refractivity contribution in [3.8, 4) is 0 Å². The summed E-state index contributed by atoms with van der Waals surface area (Å²) in [4.78, 5) is 29.1. The van der Waals surface area contributed by atoms with Crippen LogP contribution in [0.5, 0.6) is 0 Å². The summed E-state index contributed by atoms with van der Waals surface area (Å²) in [5.74, 6) is 0.110. The number of rotatable bonds is 8. The van der Waals surface area contributed by atoms with Crippen LogP contribution in [-0.2, 0) is 16.0 Å². The summed E-state index contributed by atoms with van der Waals surface area (Å²) in [6.07, 6.45) is 5.54. The molecule has 0 bridgehead atoms. The number of anilines is 2. The molecule has 2 aliphatic rings. The van der Waals surface area contributed by atoms with Crippen LogP contribution in [0.15, 0.2) is 48.5 Å². The predicted molar refractivity (Wildman–Crippen MR) is 129 cm³/mol. The summed E-state index contributed by atoms with van der Waals surface area (Å²) >= 11 is 0. The molecule has 0 saturated carbocycles. The summed E-state index contributed by atoms with van der Waals surface area (Å²) in [7, 11) is 0. The van der Waals surface area contributed by atoms with E-state index in [1.54, 1.807) is 0 Å². The normalized spacial score (nSPS) is 17.9. The molecule has 170 valence electrons. The van der Waals surface area contributed by atoms with Crippen LogP contribution in [0.3, 0.4) is 0 Å². The van der Waals surface area contributed by atoms with Crippen LogP contribution < -0.4 is 10.6 Å². The number of carbonyl (C=O) groups excluding carboxylic acids is 2. The fraction of sp³-hybridized carbons (Fsp3) is 0.462. The topological polar surface area (TPSA) is 64.7 Å². The van der Waals surface area contributed by atoms with Crippen molar-refractivity contribution in [2.75, 3.05) is 43.4 Å². The Kier molecular flexibility index (Phi) is 7.55. The van der Waals surface area contributed by atoms with Crippen molar-refractivity contribution in [1.29, 1.82) is 0 Å². The average Bonchev–Trinajstić information content (AvgIpc) is 3.50. The van der Waals surface area contributed by atoms with Gasteiger partial charge in [-0.05, 0) is 101 Å². The molecule has 1 unspecified atom stereocenters. The van der Waals surface area contributed by atoms with Gasteiger partial charge in [0.25, 0.3) is 0 Å². The second-order valence-electron chi connectivity index (χ2n) is 9.01. The smallest absolute Gasteiger partial charge is 0.241 e. The lowest BCUT2D eigenvalue weighted by Gasteiger charge is -2.22. The number of nitrogens with one attached hydrogen (secondary N) is 2. The molecular weight excluding hydrogens is 400 g/mol. The highest BCUT2D eigenvalue weighted by Crippen LogP contribution is 2.18. The molecule has 2 saturated heterocycles. The van der Waals surface area contributed by atoms with E-state index in [-0.39, 0.29) is 17.9 Å². The number of carbonyl (C=O) groups is 2. The number of nitrogens with zero attached hydrogens (tertiary/aromatic N) is 2. The van der Waals surface area contributed by atoms with Gasteiger partial charge in [-0.1, -0.05) is 24.3 Å². The van der Waals surface area contributed by atoms with E-state index in [0.29, 0.717) is 6.54 Å². The van der Waals surface area contributed by atoms with Gasteiger partial charge in [0.1, 0.15) is 0 Å². The van der Waals surface area contributed by atoms with Gasteiger partial charge < -0.3 is 10.6 Å². The average molecular weight is 435 g/mol. The first-order chi connectivity index (χ1) is 15.6. The Morgan fingerprint density at radius 2 is 1.28 bits per heavy atom. The Balaban J connectivity index is 1.25. The maximum absolute atomic E-state index is 12.5. The third kappa shape index (κ3) is 6.17. The van der Waals surface area contributed by atoms with Crippen LogP contribution in [0.4, 0.5) is 11.4 Å². The van der Waals surface area contributed by atoms with Crippen LogP contribution in [0.25, 0.3) is 0 Å². The predicted octanol–water partition coefficient (Wildman–Crippen LogP) is 3.73. The van der Waals surface area contributed by atoms with Gasteiger partial charge in [-0.3, -0.25) is 19.4 Å². The van der Waals surface area contributed by atoms with Gasteiger partial charge in [-0.15, -0.1) is 0 Å². The second kappa shape index (κ2) is 10.7. The van der Waals surface area contributed by atoms with E-state index in [0.717, 1.165) is 44.0 Å². The van der Waals surface area contributed by atoms with Crippen LogP contribution in [0.2, 0.25) is 0 Å². The SMILES string of the molecule is CC(C(=O)Nc1ccc(Cc2ccc(NC(=O)CN3CCCC3)cc2)cc1)N1CCCC1. The quantitative estimate of drug-likeness (QED) is 0.664. The third-order valence-electron chi connectivity index (χ3n) is 6.50. The van der Waals surface area contributed by atoms with Crippen molar-refractivity contribution in [3.63, 3.8) is 0 Å². The highest BCUT2D eigenvalue weighted by atomic mass is 16.2. The highest BCUT2D eigenvalue weighted by molar-refractivity contribution is 5.94. The van der Waals surface area contributed by atoms with Crippen LogP contribution in [-0.4, -0.2) is 60.4 Å². The van der Waals surface area contributed by atoms with Crippen molar-refractivity contribution in [1.82, 2.24) is 9.80 Å². The third-order valence-corrected chi connectivity index (χ3v) is 6.50. The van der Waals surface area contributed by atoms with Gasteiger partial charge in [0.15, 0.2) is 0 Å². The summed E-state index contributed by atoms with van der Waals surface area (Å²) < 4.78 is 0. The lowest BCUT2D eigenvalue weighted by atomic mass is 10.0. The molecular formula is C26H34N4O2. The monoisotopic (exact) mass is 434 g/mol. The van der Waals surface area contributed by atoms with E-state index in [4.69, 9.17) is 0 Å². The van der Waals surface area contributed by atoms with Gasteiger partial charge in [-0.2, -0.15) is 0 Å². The number of hydrogen-bond acceptors (Lipinski definition) is 4. The molecule has 2 amide bonds. The molecule has 2 aliphatic heterocycles. The van der Waals surface area contributed by atoms with E-state index in [2.05, 4.69) is 44.7 Å². The zero-order chi connectivity index (χ0) is 22.3. The molecule has 2 fully saturated rings. The molecule has 2 aromatic rings. The lowest BCUT2D eigenvalue weighted by Crippen LogP contribution is -2.40. The number of hydrogen-bond donors (Lipinski definition) is 2. The van der Waals surface area contributed by atoms with Gasteiger partial charge in [0.05, 0.1) is 12.6 Å². The van der Waals surface area contributed by atoms with Crippen LogP contribution in [0, 0.1) is 0 Å². The summed E-state index contributed by atoms with van der Waals surface area (Å²) in [5, 5.41) is 6.03. The molecule has 0 aliphatic carbocycles. The molecule has 6 heteroatoms. The van der Waals surface area contributed by atoms with E-state index in [1.807, 2.05) is 31.2 Å². The second-order valence-corrected chi connectivity index (χ2v) is 9.01. The van der Waals surface area contributed by atoms with E-state index in [1.165, 1.54) is 36.8 Å². The summed E-state index contributed by atoms with van der Waals surface area (Å²) in [6.45, 7) is 6.51.